The molecule has 0 fully saturated rings. The first-order valence-corrected chi connectivity index (χ1v) is 6.87. The van der Waals surface area contributed by atoms with Crippen molar-refractivity contribution >= 4 is 11.3 Å². The lowest BCUT2D eigenvalue weighted by Crippen LogP contribution is -1.96. The minimum atomic E-state index is 0.548. The van der Waals surface area contributed by atoms with Crippen LogP contribution in [0.15, 0.2) is 29.6 Å². The predicted molar refractivity (Wildman–Crippen MR) is 74.1 cm³/mol. The van der Waals surface area contributed by atoms with Crippen LogP contribution in [0.2, 0.25) is 0 Å². The summed E-state index contributed by atoms with van der Waals surface area (Å²) in [5, 5.41) is 3.36. The summed E-state index contributed by atoms with van der Waals surface area (Å²) >= 11 is 1.75. The minimum absolute atomic E-state index is 0.548. The normalized spacial score (nSPS) is 12.6. The average molecular weight is 246 g/mol. The third-order valence-electron chi connectivity index (χ3n) is 3.01. The van der Waals surface area contributed by atoms with Crippen LogP contribution in [0.3, 0.4) is 0 Å². The summed E-state index contributed by atoms with van der Waals surface area (Å²) in [6.07, 6.45) is 1.13. The van der Waals surface area contributed by atoms with Crippen LogP contribution in [0.5, 0.6) is 0 Å². The van der Waals surface area contributed by atoms with Crippen LogP contribution in [0.4, 0.5) is 0 Å². The lowest BCUT2D eigenvalue weighted by Gasteiger charge is -2.03. The summed E-state index contributed by atoms with van der Waals surface area (Å²) in [5.41, 5.74) is 9.04. The van der Waals surface area contributed by atoms with Crippen molar-refractivity contribution in [1.82, 2.24) is 4.98 Å². The van der Waals surface area contributed by atoms with Gasteiger partial charge >= 0.3 is 0 Å². The van der Waals surface area contributed by atoms with Gasteiger partial charge in [0, 0.05) is 23.4 Å². The van der Waals surface area contributed by atoms with Gasteiger partial charge in [-0.3, -0.25) is 0 Å². The molecular formula is C14H18N2S. The fourth-order valence-electron chi connectivity index (χ4n) is 1.68. The van der Waals surface area contributed by atoms with Crippen LogP contribution in [-0.4, -0.2) is 4.98 Å². The average Bonchev–Trinajstić information content (AvgIpc) is 2.87. The Kier molecular flexibility index (Phi) is 3.92. The van der Waals surface area contributed by atoms with E-state index in [1.807, 2.05) is 12.1 Å². The summed E-state index contributed by atoms with van der Waals surface area (Å²) in [6, 6.07) is 8.30. The van der Waals surface area contributed by atoms with Crippen LogP contribution in [0, 0.1) is 0 Å². The molecule has 2 N–H and O–H groups in total. The van der Waals surface area contributed by atoms with E-state index in [1.54, 1.807) is 11.3 Å². The Morgan fingerprint density at radius 2 is 2.24 bits per heavy atom. The lowest BCUT2D eigenvalue weighted by atomic mass is 10.1. The molecular weight excluding hydrogens is 228 g/mol. The molecule has 1 unspecified atom stereocenters. The van der Waals surface area contributed by atoms with Gasteiger partial charge in [0.05, 0.1) is 10.7 Å². The Balaban J connectivity index is 2.30. The zero-order valence-corrected chi connectivity index (χ0v) is 11.1. The Morgan fingerprint density at radius 1 is 1.41 bits per heavy atom. The predicted octanol–water partition coefficient (Wildman–Crippen LogP) is 3.78. The van der Waals surface area contributed by atoms with Crippen molar-refractivity contribution < 1.29 is 0 Å². The van der Waals surface area contributed by atoms with E-state index in [4.69, 9.17) is 10.7 Å². The van der Waals surface area contributed by atoms with Crippen molar-refractivity contribution in [2.24, 2.45) is 5.73 Å². The summed E-state index contributed by atoms with van der Waals surface area (Å²) in [4.78, 5) is 4.70. The highest BCUT2D eigenvalue weighted by Gasteiger charge is 2.09. The van der Waals surface area contributed by atoms with Crippen LogP contribution >= 0.6 is 11.3 Å². The smallest absolute Gasteiger partial charge is 0.0960 e. The van der Waals surface area contributed by atoms with Crippen molar-refractivity contribution in [2.45, 2.75) is 32.7 Å². The third-order valence-corrected chi connectivity index (χ3v) is 4.09. The Hall–Kier alpha value is -1.19. The summed E-state index contributed by atoms with van der Waals surface area (Å²) in [6.45, 7) is 5.00. The number of rotatable bonds is 4. The number of benzene rings is 1. The SMILES string of the molecule is CCC(C)c1nc(-c2cccc(CN)c2)cs1. The monoisotopic (exact) mass is 246 g/mol. The molecule has 0 amide bonds. The number of nitrogens with zero attached hydrogens (tertiary/aromatic N) is 1. The van der Waals surface area contributed by atoms with Gasteiger partial charge in [-0.1, -0.05) is 32.0 Å². The van der Waals surface area contributed by atoms with Gasteiger partial charge in [-0.2, -0.15) is 0 Å². The van der Waals surface area contributed by atoms with Crippen LogP contribution in [0.1, 0.15) is 36.8 Å². The second kappa shape index (κ2) is 5.43. The van der Waals surface area contributed by atoms with Gasteiger partial charge in [-0.15, -0.1) is 11.3 Å². The molecule has 2 rings (SSSR count). The number of hydrogen-bond acceptors (Lipinski definition) is 3. The molecule has 2 nitrogen and oxygen atoms in total. The van der Waals surface area contributed by atoms with E-state index < -0.39 is 0 Å². The maximum Gasteiger partial charge on any atom is 0.0960 e. The topological polar surface area (TPSA) is 38.9 Å². The molecule has 1 heterocycles. The van der Waals surface area contributed by atoms with Crippen LogP contribution < -0.4 is 5.73 Å². The van der Waals surface area contributed by atoms with Gasteiger partial charge in [0.25, 0.3) is 0 Å². The number of hydrogen-bond donors (Lipinski definition) is 1. The molecule has 0 bridgehead atoms. The third kappa shape index (κ3) is 2.73. The maximum absolute atomic E-state index is 5.65. The first-order chi connectivity index (χ1) is 8.24. The van der Waals surface area contributed by atoms with Crippen molar-refractivity contribution in [3.63, 3.8) is 0 Å². The standard InChI is InChI=1S/C14H18N2S/c1-3-10(2)14-16-13(9-17-14)12-6-4-5-11(7-12)8-15/h4-7,9-10H,3,8,15H2,1-2H3. The molecule has 0 aliphatic carbocycles. The zero-order chi connectivity index (χ0) is 12.3. The maximum atomic E-state index is 5.65. The summed E-state index contributed by atoms with van der Waals surface area (Å²) in [7, 11) is 0. The molecule has 0 spiro atoms. The highest BCUT2D eigenvalue weighted by Crippen LogP contribution is 2.28. The van der Waals surface area contributed by atoms with Crippen LogP contribution in [-0.2, 0) is 6.54 Å². The number of aromatic nitrogens is 1. The molecule has 0 saturated carbocycles. The molecule has 0 aliphatic heterocycles. The first-order valence-electron chi connectivity index (χ1n) is 5.99. The molecule has 1 aromatic heterocycles. The zero-order valence-electron chi connectivity index (χ0n) is 10.3. The van der Waals surface area contributed by atoms with Crippen molar-refractivity contribution in [1.29, 1.82) is 0 Å². The van der Waals surface area contributed by atoms with E-state index in [1.165, 1.54) is 10.6 Å². The highest BCUT2D eigenvalue weighted by atomic mass is 32.1. The van der Waals surface area contributed by atoms with Crippen molar-refractivity contribution in [3.8, 4) is 11.3 Å². The van der Waals surface area contributed by atoms with Crippen molar-refractivity contribution in [3.05, 3.63) is 40.2 Å². The van der Waals surface area contributed by atoms with E-state index in [9.17, 15) is 0 Å². The Labute approximate surface area is 107 Å². The molecule has 90 valence electrons. The van der Waals surface area contributed by atoms with Gasteiger partial charge in [0.15, 0.2) is 0 Å². The Morgan fingerprint density at radius 3 is 2.94 bits per heavy atom. The fraction of sp³-hybridized carbons (Fsp3) is 0.357. The van der Waals surface area contributed by atoms with Gasteiger partial charge < -0.3 is 5.73 Å². The fourth-order valence-corrected chi connectivity index (χ4v) is 2.65. The first kappa shape index (κ1) is 12.3. The Bertz CT molecular complexity index is 490. The second-order valence-electron chi connectivity index (χ2n) is 4.28. The van der Waals surface area contributed by atoms with E-state index in [-0.39, 0.29) is 0 Å². The molecule has 0 saturated heterocycles. The van der Waals surface area contributed by atoms with Gasteiger partial charge in [0.1, 0.15) is 0 Å². The molecule has 1 atom stereocenters. The molecule has 17 heavy (non-hydrogen) atoms. The largest absolute Gasteiger partial charge is 0.326 e. The minimum Gasteiger partial charge on any atom is -0.326 e. The van der Waals surface area contributed by atoms with E-state index in [0.717, 1.165) is 17.7 Å². The van der Waals surface area contributed by atoms with Gasteiger partial charge in [-0.25, -0.2) is 4.98 Å². The molecule has 2 aromatic rings. The summed E-state index contributed by atoms with van der Waals surface area (Å²) < 4.78 is 0. The second-order valence-corrected chi connectivity index (χ2v) is 5.17. The van der Waals surface area contributed by atoms with Gasteiger partial charge in [0.2, 0.25) is 0 Å². The molecule has 0 radical (unpaired) electrons. The van der Waals surface area contributed by atoms with Gasteiger partial charge in [-0.05, 0) is 18.1 Å². The van der Waals surface area contributed by atoms with Crippen molar-refractivity contribution in [2.75, 3.05) is 0 Å². The number of nitrogens with two attached hydrogens (primary N) is 1. The number of thiazole rings is 1. The van der Waals surface area contributed by atoms with E-state index in [0.29, 0.717) is 12.5 Å². The lowest BCUT2D eigenvalue weighted by molar-refractivity contribution is 0.727. The van der Waals surface area contributed by atoms with Crippen LogP contribution in [0.25, 0.3) is 11.3 Å². The van der Waals surface area contributed by atoms with E-state index in [2.05, 4.69) is 31.4 Å². The molecule has 0 aliphatic rings. The quantitative estimate of drug-likeness (QED) is 0.891. The molecule has 1 aromatic carbocycles. The molecule has 3 heteroatoms. The highest BCUT2D eigenvalue weighted by molar-refractivity contribution is 7.10. The summed E-state index contributed by atoms with van der Waals surface area (Å²) in [5.74, 6) is 0.548. The van der Waals surface area contributed by atoms with E-state index >= 15 is 0 Å².